The maximum atomic E-state index is 13.0. The first-order valence-corrected chi connectivity index (χ1v) is 9.06. The van der Waals surface area contributed by atoms with E-state index in [1.54, 1.807) is 18.2 Å². The summed E-state index contributed by atoms with van der Waals surface area (Å²) >= 11 is 4.80. The van der Waals surface area contributed by atoms with Crippen molar-refractivity contribution in [1.82, 2.24) is 5.32 Å². The lowest BCUT2D eigenvalue weighted by Crippen LogP contribution is -2.25. The zero-order valence-electron chi connectivity index (χ0n) is 12.9. The molecule has 0 aliphatic rings. The normalized spacial score (nSPS) is 12.0. The minimum atomic E-state index is -0.267. The maximum absolute atomic E-state index is 13.0. The van der Waals surface area contributed by atoms with Gasteiger partial charge in [-0.2, -0.15) is 0 Å². The van der Waals surface area contributed by atoms with Crippen LogP contribution in [0.3, 0.4) is 0 Å². The third kappa shape index (κ3) is 3.91. The van der Waals surface area contributed by atoms with Crippen molar-refractivity contribution in [3.05, 3.63) is 81.4 Å². The van der Waals surface area contributed by atoms with Crippen LogP contribution in [-0.4, -0.2) is 5.91 Å². The summed E-state index contributed by atoms with van der Waals surface area (Å²) in [4.78, 5) is 14.0. The number of carbonyl (C=O) groups excluding carboxylic acids is 1. The molecule has 122 valence electrons. The summed E-state index contributed by atoms with van der Waals surface area (Å²) < 4.78 is 14.0. The Labute approximate surface area is 152 Å². The summed E-state index contributed by atoms with van der Waals surface area (Å²) in [5.41, 5.74) is 1.95. The third-order valence-corrected chi connectivity index (χ3v) is 5.34. The van der Waals surface area contributed by atoms with Crippen molar-refractivity contribution in [2.24, 2.45) is 0 Å². The molecule has 0 aliphatic heterocycles. The summed E-state index contributed by atoms with van der Waals surface area (Å²) in [6.07, 6.45) is 0. The van der Waals surface area contributed by atoms with Crippen molar-refractivity contribution >= 4 is 33.2 Å². The molecule has 3 rings (SSSR count). The molecule has 3 aromatic rings. The van der Waals surface area contributed by atoms with Crippen LogP contribution in [0.25, 0.3) is 10.4 Å². The van der Waals surface area contributed by atoms with Crippen LogP contribution in [0, 0.1) is 5.82 Å². The molecule has 0 bridgehead atoms. The van der Waals surface area contributed by atoms with Gasteiger partial charge in [-0.15, -0.1) is 11.3 Å². The standard InChI is InChI=1S/C19H15BrFNOS/c1-12(13-2-6-15(20)7-3-13)22-19(23)18-11-10-17(24-18)14-4-8-16(21)9-5-14/h2-12H,1H3,(H,22,23)/t12-/m1/s1. The monoisotopic (exact) mass is 403 g/mol. The van der Waals surface area contributed by atoms with Crippen molar-refractivity contribution in [3.63, 3.8) is 0 Å². The lowest BCUT2D eigenvalue weighted by molar-refractivity contribution is 0.0944. The molecule has 0 saturated carbocycles. The summed E-state index contributed by atoms with van der Waals surface area (Å²) in [6.45, 7) is 1.95. The molecule has 0 aliphatic carbocycles. The Balaban J connectivity index is 1.71. The predicted octanol–water partition coefficient (Wildman–Crippen LogP) is 5.81. The van der Waals surface area contributed by atoms with Gasteiger partial charge >= 0.3 is 0 Å². The van der Waals surface area contributed by atoms with Crippen LogP contribution >= 0.6 is 27.3 Å². The molecule has 24 heavy (non-hydrogen) atoms. The van der Waals surface area contributed by atoms with Crippen molar-refractivity contribution in [2.75, 3.05) is 0 Å². The summed E-state index contributed by atoms with van der Waals surface area (Å²) in [6, 6.07) is 17.7. The van der Waals surface area contributed by atoms with Gasteiger partial charge in [0.2, 0.25) is 0 Å². The van der Waals surface area contributed by atoms with Gasteiger partial charge in [-0.3, -0.25) is 4.79 Å². The van der Waals surface area contributed by atoms with E-state index in [-0.39, 0.29) is 17.8 Å². The predicted molar refractivity (Wildman–Crippen MR) is 99.7 cm³/mol. The number of thiophene rings is 1. The molecule has 1 amide bonds. The number of hydrogen-bond donors (Lipinski definition) is 1. The first-order chi connectivity index (χ1) is 11.5. The van der Waals surface area contributed by atoms with Crippen LogP contribution in [0.15, 0.2) is 65.1 Å². The highest BCUT2D eigenvalue weighted by molar-refractivity contribution is 9.10. The van der Waals surface area contributed by atoms with E-state index >= 15 is 0 Å². The van der Waals surface area contributed by atoms with Crippen LogP contribution in [0.5, 0.6) is 0 Å². The molecule has 1 aromatic heterocycles. The van der Waals surface area contributed by atoms with Gasteiger partial charge in [0, 0.05) is 9.35 Å². The molecule has 1 atom stereocenters. The Morgan fingerprint density at radius 1 is 1.04 bits per heavy atom. The third-order valence-electron chi connectivity index (χ3n) is 3.68. The van der Waals surface area contributed by atoms with E-state index in [0.717, 1.165) is 20.5 Å². The van der Waals surface area contributed by atoms with Gasteiger partial charge < -0.3 is 5.32 Å². The Hall–Kier alpha value is -1.98. The minimum absolute atomic E-state index is 0.0815. The quantitative estimate of drug-likeness (QED) is 0.585. The van der Waals surface area contributed by atoms with Crippen LogP contribution in [0.1, 0.15) is 28.2 Å². The first kappa shape index (κ1) is 16.9. The van der Waals surface area contributed by atoms with E-state index in [2.05, 4.69) is 21.2 Å². The van der Waals surface area contributed by atoms with E-state index < -0.39 is 0 Å². The lowest BCUT2D eigenvalue weighted by atomic mass is 10.1. The number of rotatable bonds is 4. The highest BCUT2D eigenvalue weighted by Gasteiger charge is 2.14. The van der Waals surface area contributed by atoms with Crippen LogP contribution < -0.4 is 5.32 Å². The Morgan fingerprint density at radius 3 is 2.38 bits per heavy atom. The van der Waals surface area contributed by atoms with Crippen molar-refractivity contribution < 1.29 is 9.18 Å². The van der Waals surface area contributed by atoms with Crippen LogP contribution in [0.2, 0.25) is 0 Å². The highest BCUT2D eigenvalue weighted by atomic mass is 79.9. The van der Waals surface area contributed by atoms with Crippen molar-refractivity contribution in [2.45, 2.75) is 13.0 Å². The molecule has 0 spiro atoms. The Morgan fingerprint density at radius 2 is 1.71 bits per heavy atom. The minimum Gasteiger partial charge on any atom is -0.345 e. The van der Waals surface area contributed by atoms with Gasteiger partial charge in [0.15, 0.2) is 0 Å². The second-order valence-electron chi connectivity index (χ2n) is 5.42. The van der Waals surface area contributed by atoms with Gasteiger partial charge in [0.1, 0.15) is 5.82 Å². The molecule has 1 N–H and O–H groups in total. The fraction of sp³-hybridized carbons (Fsp3) is 0.105. The van der Waals surface area contributed by atoms with E-state index in [1.807, 2.05) is 37.3 Å². The summed E-state index contributed by atoms with van der Waals surface area (Å²) in [5.74, 6) is -0.375. The van der Waals surface area contributed by atoms with E-state index in [0.29, 0.717) is 4.88 Å². The number of hydrogen-bond acceptors (Lipinski definition) is 2. The fourth-order valence-electron chi connectivity index (χ4n) is 2.33. The smallest absolute Gasteiger partial charge is 0.261 e. The second kappa shape index (κ2) is 7.28. The number of benzene rings is 2. The highest BCUT2D eigenvalue weighted by Crippen LogP contribution is 2.28. The number of nitrogens with one attached hydrogen (secondary N) is 1. The topological polar surface area (TPSA) is 29.1 Å². The zero-order valence-corrected chi connectivity index (χ0v) is 15.3. The maximum Gasteiger partial charge on any atom is 0.261 e. The Kier molecular flexibility index (Phi) is 5.11. The molecule has 2 nitrogen and oxygen atoms in total. The van der Waals surface area contributed by atoms with Crippen molar-refractivity contribution in [3.8, 4) is 10.4 Å². The van der Waals surface area contributed by atoms with Gasteiger partial charge in [-0.25, -0.2) is 4.39 Å². The fourth-order valence-corrected chi connectivity index (χ4v) is 3.51. The average molecular weight is 404 g/mol. The van der Waals surface area contributed by atoms with Crippen molar-refractivity contribution in [1.29, 1.82) is 0 Å². The Bertz CT molecular complexity index is 843. The molecule has 5 heteroatoms. The number of amides is 1. The SMILES string of the molecule is C[C@@H](NC(=O)c1ccc(-c2ccc(F)cc2)s1)c1ccc(Br)cc1. The van der Waals surface area contributed by atoms with E-state index in [9.17, 15) is 9.18 Å². The first-order valence-electron chi connectivity index (χ1n) is 7.45. The molecular weight excluding hydrogens is 389 g/mol. The zero-order chi connectivity index (χ0) is 17.1. The van der Waals surface area contributed by atoms with E-state index in [1.165, 1.54) is 23.5 Å². The molecule has 0 radical (unpaired) electrons. The molecule has 0 saturated heterocycles. The van der Waals surface area contributed by atoms with Gasteiger partial charge in [-0.1, -0.05) is 40.2 Å². The number of carbonyl (C=O) groups is 1. The average Bonchev–Trinajstić information content (AvgIpc) is 3.06. The largest absolute Gasteiger partial charge is 0.345 e. The van der Waals surface area contributed by atoms with Gasteiger partial charge in [0.05, 0.1) is 10.9 Å². The van der Waals surface area contributed by atoms with Gasteiger partial charge in [-0.05, 0) is 54.4 Å². The lowest BCUT2D eigenvalue weighted by Gasteiger charge is -2.13. The molecule has 0 fully saturated rings. The summed E-state index contributed by atoms with van der Waals surface area (Å²) in [5, 5.41) is 3.00. The molecule has 1 heterocycles. The second-order valence-corrected chi connectivity index (χ2v) is 7.42. The van der Waals surface area contributed by atoms with Crippen LogP contribution in [0.4, 0.5) is 4.39 Å². The summed E-state index contributed by atoms with van der Waals surface area (Å²) in [7, 11) is 0. The van der Waals surface area contributed by atoms with Gasteiger partial charge in [0.25, 0.3) is 5.91 Å². The molecular formula is C19H15BrFNOS. The molecule has 2 aromatic carbocycles. The van der Waals surface area contributed by atoms with Crippen LogP contribution in [-0.2, 0) is 0 Å². The van der Waals surface area contributed by atoms with E-state index in [4.69, 9.17) is 0 Å². The number of halogens is 2. The molecule has 0 unspecified atom stereocenters.